The Bertz CT molecular complexity index is 420. The maximum Gasteiger partial charge on any atom is 0.122 e. The van der Waals surface area contributed by atoms with Crippen molar-refractivity contribution in [1.29, 1.82) is 0 Å². The molecule has 1 aromatic carbocycles. The first kappa shape index (κ1) is 12.5. The number of likely N-dealkylation sites (N-methyl/N-ethyl adjacent to an activating group) is 1. The highest BCUT2D eigenvalue weighted by molar-refractivity contribution is 6.30. The van der Waals surface area contributed by atoms with E-state index in [2.05, 4.69) is 17.5 Å². The topological polar surface area (TPSA) is 21.3 Å². The second kappa shape index (κ2) is 5.11. The Balaban J connectivity index is 2.45. The van der Waals surface area contributed by atoms with Gasteiger partial charge in [0.1, 0.15) is 5.75 Å². The molecule has 2 nitrogen and oxygen atoms in total. The zero-order valence-corrected chi connectivity index (χ0v) is 11.1. The minimum atomic E-state index is 0.0883. The lowest BCUT2D eigenvalue weighted by molar-refractivity contribution is 0.373. The van der Waals surface area contributed by atoms with Crippen LogP contribution >= 0.6 is 11.6 Å². The molecule has 0 heterocycles. The standard InChI is InChI=1S/C14H18ClNO/c1-16-10-14(7-3-4-8-14)12-9-11(15)5-6-13(12)17-2/h3-6,9,16H,7-8,10H2,1-2H3. The van der Waals surface area contributed by atoms with E-state index in [1.807, 2.05) is 25.2 Å². The van der Waals surface area contributed by atoms with Gasteiger partial charge in [0.05, 0.1) is 7.11 Å². The van der Waals surface area contributed by atoms with Crippen molar-refractivity contribution in [3.05, 3.63) is 40.9 Å². The Labute approximate surface area is 108 Å². The smallest absolute Gasteiger partial charge is 0.122 e. The molecule has 0 atom stereocenters. The molecule has 0 radical (unpaired) electrons. The molecule has 17 heavy (non-hydrogen) atoms. The van der Waals surface area contributed by atoms with Crippen LogP contribution in [0.3, 0.4) is 0 Å². The third kappa shape index (κ3) is 2.33. The first-order valence-corrected chi connectivity index (χ1v) is 6.23. The quantitative estimate of drug-likeness (QED) is 0.830. The van der Waals surface area contributed by atoms with Gasteiger partial charge in [-0.2, -0.15) is 0 Å². The van der Waals surface area contributed by atoms with Crippen LogP contribution in [0, 0.1) is 0 Å². The highest BCUT2D eigenvalue weighted by Gasteiger charge is 2.34. The summed E-state index contributed by atoms with van der Waals surface area (Å²) >= 11 is 6.12. The molecule has 0 aliphatic heterocycles. The lowest BCUT2D eigenvalue weighted by atomic mass is 9.77. The van der Waals surface area contributed by atoms with Crippen LogP contribution in [-0.2, 0) is 5.41 Å². The Morgan fingerprint density at radius 3 is 2.65 bits per heavy atom. The van der Waals surface area contributed by atoms with Crippen LogP contribution in [0.5, 0.6) is 5.75 Å². The average Bonchev–Trinajstić information content (AvgIpc) is 2.79. The molecule has 0 saturated carbocycles. The number of allylic oxidation sites excluding steroid dienone is 2. The lowest BCUT2D eigenvalue weighted by Crippen LogP contribution is -2.34. The van der Waals surface area contributed by atoms with Gasteiger partial charge in [0.15, 0.2) is 0 Å². The highest BCUT2D eigenvalue weighted by Crippen LogP contribution is 2.42. The molecule has 0 spiro atoms. The molecule has 1 aliphatic rings. The summed E-state index contributed by atoms with van der Waals surface area (Å²) in [5, 5.41) is 4.05. The van der Waals surface area contributed by atoms with Crippen molar-refractivity contribution in [3.63, 3.8) is 0 Å². The van der Waals surface area contributed by atoms with Crippen molar-refractivity contribution in [2.24, 2.45) is 0 Å². The van der Waals surface area contributed by atoms with E-state index in [1.165, 1.54) is 5.56 Å². The number of rotatable bonds is 4. The van der Waals surface area contributed by atoms with Crippen LogP contribution in [-0.4, -0.2) is 20.7 Å². The first-order chi connectivity index (χ1) is 8.22. The van der Waals surface area contributed by atoms with Gasteiger partial charge in [0, 0.05) is 22.5 Å². The van der Waals surface area contributed by atoms with Gasteiger partial charge in [0.2, 0.25) is 0 Å². The molecule has 1 aliphatic carbocycles. The summed E-state index contributed by atoms with van der Waals surface area (Å²) in [5.41, 5.74) is 1.29. The van der Waals surface area contributed by atoms with Crippen molar-refractivity contribution in [1.82, 2.24) is 5.32 Å². The van der Waals surface area contributed by atoms with Gasteiger partial charge in [0.25, 0.3) is 0 Å². The van der Waals surface area contributed by atoms with Gasteiger partial charge in [-0.3, -0.25) is 0 Å². The summed E-state index contributed by atoms with van der Waals surface area (Å²) in [6, 6.07) is 5.86. The normalized spacial score (nSPS) is 17.4. The van der Waals surface area contributed by atoms with Crippen LogP contribution < -0.4 is 10.1 Å². The molecular formula is C14H18ClNO. The Morgan fingerprint density at radius 1 is 1.35 bits per heavy atom. The molecule has 0 bridgehead atoms. The molecule has 0 aromatic heterocycles. The van der Waals surface area contributed by atoms with E-state index in [0.717, 1.165) is 30.2 Å². The fourth-order valence-corrected chi connectivity index (χ4v) is 2.77. The largest absolute Gasteiger partial charge is 0.496 e. The van der Waals surface area contributed by atoms with E-state index in [9.17, 15) is 0 Å². The van der Waals surface area contributed by atoms with Crippen molar-refractivity contribution in [2.75, 3.05) is 20.7 Å². The predicted molar refractivity (Wildman–Crippen MR) is 72.0 cm³/mol. The van der Waals surface area contributed by atoms with Crippen molar-refractivity contribution in [3.8, 4) is 5.75 Å². The molecule has 0 fully saturated rings. The van der Waals surface area contributed by atoms with E-state index in [-0.39, 0.29) is 5.41 Å². The number of ether oxygens (including phenoxy) is 1. The molecule has 2 rings (SSSR count). The molecular weight excluding hydrogens is 234 g/mol. The second-order valence-corrected chi connectivity index (χ2v) is 4.97. The van der Waals surface area contributed by atoms with E-state index in [4.69, 9.17) is 16.3 Å². The summed E-state index contributed by atoms with van der Waals surface area (Å²) in [6.07, 6.45) is 6.53. The maximum atomic E-state index is 6.12. The van der Waals surface area contributed by atoms with E-state index >= 15 is 0 Å². The summed E-state index contributed by atoms with van der Waals surface area (Å²) in [5.74, 6) is 0.924. The monoisotopic (exact) mass is 251 g/mol. The van der Waals surface area contributed by atoms with Crippen molar-refractivity contribution >= 4 is 11.6 Å². The number of nitrogens with one attached hydrogen (secondary N) is 1. The number of halogens is 1. The highest BCUT2D eigenvalue weighted by atomic mass is 35.5. The van der Waals surface area contributed by atoms with Crippen LogP contribution in [0.1, 0.15) is 18.4 Å². The Morgan fingerprint density at radius 2 is 2.06 bits per heavy atom. The molecule has 0 saturated heterocycles. The summed E-state index contributed by atoms with van der Waals surface area (Å²) in [6.45, 7) is 0.927. The third-order valence-corrected chi connectivity index (χ3v) is 3.67. The van der Waals surface area contributed by atoms with E-state index in [1.54, 1.807) is 7.11 Å². The van der Waals surface area contributed by atoms with Crippen molar-refractivity contribution < 1.29 is 4.74 Å². The van der Waals surface area contributed by atoms with E-state index in [0.29, 0.717) is 0 Å². The van der Waals surface area contributed by atoms with Gasteiger partial charge >= 0.3 is 0 Å². The number of hydrogen-bond donors (Lipinski definition) is 1. The maximum absolute atomic E-state index is 6.12. The van der Waals surface area contributed by atoms with Crippen LogP contribution in [0.25, 0.3) is 0 Å². The lowest BCUT2D eigenvalue weighted by Gasteiger charge is -2.31. The van der Waals surface area contributed by atoms with Gasteiger partial charge in [-0.15, -0.1) is 0 Å². The second-order valence-electron chi connectivity index (χ2n) is 4.53. The Kier molecular flexibility index (Phi) is 3.75. The summed E-state index contributed by atoms with van der Waals surface area (Å²) in [4.78, 5) is 0. The van der Waals surface area contributed by atoms with Gasteiger partial charge in [-0.1, -0.05) is 23.8 Å². The van der Waals surface area contributed by atoms with E-state index < -0.39 is 0 Å². The number of methoxy groups -OCH3 is 1. The van der Waals surface area contributed by atoms with Crippen molar-refractivity contribution in [2.45, 2.75) is 18.3 Å². The zero-order valence-electron chi connectivity index (χ0n) is 10.3. The minimum Gasteiger partial charge on any atom is -0.496 e. The molecule has 0 unspecified atom stereocenters. The van der Waals surface area contributed by atoms with Gasteiger partial charge in [-0.05, 0) is 38.1 Å². The van der Waals surface area contributed by atoms with Crippen LogP contribution in [0.4, 0.5) is 0 Å². The van der Waals surface area contributed by atoms with Gasteiger partial charge < -0.3 is 10.1 Å². The molecule has 1 N–H and O–H groups in total. The molecule has 3 heteroatoms. The van der Waals surface area contributed by atoms with Crippen LogP contribution in [0.2, 0.25) is 5.02 Å². The Hall–Kier alpha value is -0.990. The number of benzene rings is 1. The SMILES string of the molecule is CNCC1(c2cc(Cl)ccc2OC)CC=CC1. The molecule has 1 aromatic rings. The molecule has 92 valence electrons. The fourth-order valence-electron chi connectivity index (χ4n) is 2.59. The fraction of sp³-hybridized carbons (Fsp3) is 0.429. The summed E-state index contributed by atoms with van der Waals surface area (Å²) < 4.78 is 5.47. The number of hydrogen-bond acceptors (Lipinski definition) is 2. The zero-order chi connectivity index (χ0) is 12.3. The average molecular weight is 252 g/mol. The van der Waals surface area contributed by atoms with Gasteiger partial charge in [-0.25, -0.2) is 0 Å². The van der Waals surface area contributed by atoms with Crippen LogP contribution in [0.15, 0.2) is 30.4 Å². The minimum absolute atomic E-state index is 0.0883. The first-order valence-electron chi connectivity index (χ1n) is 5.85. The summed E-state index contributed by atoms with van der Waals surface area (Å²) in [7, 11) is 3.69. The molecule has 0 amide bonds. The third-order valence-electron chi connectivity index (χ3n) is 3.43. The predicted octanol–water partition coefficient (Wildman–Crippen LogP) is 3.16.